The van der Waals surface area contributed by atoms with Gasteiger partial charge in [0.1, 0.15) is 5.41 Å². The molecule has 1 aliphatic rings. The van der Waals surface area contributed by atoms with Crippen molar-refractivity contribution in [1.82, 2.24) is 10.6 Å². The topological polar surface area (TPSA) is 78.4 Å². The van der Waals surface area contributed by atoms with Crippen LogP contribution >= 0.6 is 0 Å². The van der Waals surface area contributed by atoms with Gasteiger partial charge >= 0.3 is 0 Å². The summed E-state index contributed by atoms with van der Waals surface area (Å²) in [5, 5.41) is 13.9. The minimum atomic E-state index is -1.26. The van der Waals surface area contributed by atoms with Crippen molar-refractivity contribution in [3.05, 3.63) is 0 Å². The van der Waals surface area contributed by atoms with E-state index < -0.39 is 11.8 Å². The Morgan fingerprint density at radius 3 is 2.13 bits per heavy atom. The highest BCUT2D eigenvalue weighted by atomic mass is 16.3. The maximum atomic E-state index is 11.8. The Morgan fingerprint density at radius 1 is 1.33 bits per heavy atom. The number of hydrogen-bond acceptors (Lipinski definition) is 3. The van der Waals surface area contributed by atoms with Crippen molar-refractivity contribution < 1.29 is 14.7 Å². The van der Waals surface area contributed by atoms with Gasteiger partial charge in [0, 0.05) is 0 Å². The van der Waals surface area contributed by atoms with Gasteiger partial charge in [0.2, 0.25) is 18.2 Å². The minimum absolute atomic E-state index is 0.0463. The lowest BCUT2D eigenvalue weighted by atomic mass is 9.70. The summed E-state index contributed by atoms with van der Waals surface area (Å²) >= 11 is 0. The summed E-state index contributed by atoms with van der Waals surface area (Å²) < 4.78 is 0. The van der Waals surface area contributed by atoms with Gasteiger partial charge < -0.3 is 15.7 Å². The Hall–Kier alpha value is -1.10. The summed E-state index contributed by atoms with van der Waals surface area (Å²) in [6.07, 6.45) is -0.0781. The van der Waals surface area contributed by atoms with Crippen molar-refractivity contribution in [3.63, 3.8) is 0 Å². The second-order valence-electron chi connectivity index (χ2n) is 3.98. The molecule has 86 valence electrons. The third-order valence-electron chi connectivity index (χ3n) is 3.36. The number of carbonyl (C=O) groups excluding carboxylic acids is 2. The Bertz CT molecular complexity index is 260. The fourth-order valence-electron chi connectivity index (χ4n) is 2.11. The first kappa shape index (κ1) is 12.0. The predicted octanol–water partition coefficient (Wildman–Crippen LogP) is -0.0492. The molecule has 1 rings (SSSR count). The quantitative estimate of drug-likeness (QED) is 0.576. The highest BCUT2D eigenvalue weighted by Gasteiger charge is 2.51. The van der Waals surface area contributed by atoms with E-state index in [1.165, 1.54) is 0 Å². The molecule has 5 nitrogen and oxygen atoms in total. The van der Waals surface area contributed by atoms with Gasteiger partial charge in [-0.1, -0.05) is 27.2 Å². The highest BCUT2D eigenvalue weighted by Crippen LogP contribution is 2.36. The Kier molecular flexibility index (Phi) is 3.34. The zero-order valence-electron chi connectivity index (χ0n) is 9.33. The molecule has 1 unspecified atom stereocenters. The third-order valence-corrected chi connectivity index (χ3v) is 3.36. The average Bonchev–Trinajstić information content (AvgIpc) is 2.17. The predicted molar refractivity (Wildman–Crippen MR) is 54.5 cm³/mol. The van der Waals surface area contributed by atoms with Crippen LogP contribution in [0.2, 0.25) is 0 Å². The van der Waals surface area contributed by atoms with Crippen LogP contribution in [0.4, 0.5) is 0 Å². The van der Waals surface area contributed by atoms with E-state index in [2.05, 4.69) is 10.6 Å². The molecular weight excluding hydrogens is 196 g/mol. The van der Waals surface area contributed by atoms with Crippen LogP contribution in [0.5, 0.6) is 0 Å². The molecule has 5 heteroatoms. The Labute approximate surface area is 89.2 Å². The van der Waals surface area contributed by atoms with E-state index >= 15 is 0 Å². The zero-order valence-corrected chi connectivity index (χ0v) is 9.33. The van der Waals surface area contributed by atoms with Gasteiger partial charge in [-0.3, -0.25) is 9.59 Å². The largest absolute Gasteiger partial charge is 0.356 e. The average molecular weight is 214 g/mol. The maximum Gasteiger partial charge on any atom is 0.239 e. The van der Waals surface area contributed by atoms with Gasteiger partial charge in [-0.2, -0.15) is 0 Å². The zero-order chi connectivity index (χ0) is 11.6. The number of hydrogen-bond donors (Lipinski definition) is 3. The van der Waals surface area contributed by atoms with Crippen molar-refractivity contribution in [2.75, 3.05) is 0 Å². The minimum Gasteiger partial charge on any atom is -0.356 e. The van der Waals surface area contributed by atoms with Gasteiger partial charge in [-0.15, -0.1) is 0 Å². The Balaban J connectivity index is 3.05. The molecule has 0 aromatic heterocycles. The van der Waals surface area contributed by atoms with E-state index in [9.17, 15) is 9.59 Å². The molecule has 0 aliphatic carbocycles. The van der Waals surface area contributed by atoms with E-state index in [1.807, 2.05) is 20.8 Å². The fraction of sp³-hybridized carbons (Fsp3) is 0.800. The van der Waals surface area contributed by atoms with Crippen LogP contribution in [0.1, 0.15) is 33.6 Å². The molecule has 0 saturated carbocycles. The first-order valence-corrected chi connectivity index (χ1v) is 5.29. The summed E-state index contributed by atoms with van der Waals surface area (Å²) in [7, 11) is 0. The number of aliphatic hydroxyl groups is 1. The van der Waals surface area contributed by atoms with Crippen molar-refractivity contribution in [2.45, 2.75) is 40.0 Å². The molecule has 1 fully saturated rings. The summed E-state index contributed by atoms with van der Waals surface area (Å²) in [5.41, 5.74) is -1.03. The molecule has 1 heterocycles. The standard InChI is InChI=1S/C10H18N2O3/c1-4-6(3)10(5-2)7(13)11-9(15)12-8(10)14/h6,9,15H,4-5H2,1-3H3,(H,11,13)(H,12,14). The van der Waals surface area contributed by atoms with Crippen LogP contribution in [0.25, 0.3) is 0 Å². The molecule has 0 spiro atoms. The fourth-order valence-corrected chi connectivity index (χ4v) is 2.11. The van der Waals surface area contributed by atoms with Crippen LogP contribution < -0.4 is 10.6 Å². The van der Waals surface area contributed by atoms with Gasteiger partial charge in [0.25, 0.3) is 0 Å². The Morgan fingerprint density at radius 2 is 1.80 bits per heavy atom. The van der Waals surface area contributed by atoms with Crippen molar-refractivity contribution >= 4 is 11.8 Å². The molecule has 2 amide bonds. The van der Waals surface area contributed by atoms with Crippen molar-refractivity contribution in [3.8, 4) is 0 Å². The maximum absolute atomic E-state index is 11.8. The number of aliphatic hydroxyl groups excluding tert-OH is 1. The van der Waals surface area contributed by atoms with E-state index in [0.717, 1.165) is 6.42 Å². The molecular formula is C10H18N2O3. The number of carbonyl (C=O) groups is 2. The second kappa shape index (κ2) is 4.18. The van der Waals surface area contributed by atoms with Gasteiger partial charge in [-0.25, -0.2) is 0 Å². The first-order chi connectivity index (χ1) is 6.98. The molecule has 0 radical (unpaired) electrons. The smallest absolute Gasteiger partial charge is 0.239 e. The lowest BCUT2D eigenvalue weighted by Gasteiger charge is -2.40. The number of nitrogens with one attached hydrogen (secondary N) is 2. The van der Waals surface area contributed by atoms with E-state index in [0.29, 0.717) is 6.42 Å². The van der Waals surface area contributed by atoms with E-state index in [4.69, 9.17) is 5.11 Å². The summed E-state index contributed by atoms with van der Waals surface area (Å²) in [5.74, 6) is -0.804. The van der Waals surface area contributed by atoms with Crippen molar-refractivity contribution in [1.29, 1.82) is 0 Å². The molecule has 1 atom stereocenters. The van der Waals surface area contributed by atoms with Gasteiger partial charge in [0.15, 0.2) is 0 Å². The molecule has 3 N–H and O–H groups in total. The lowest BCUT2D eigenvalue weighted by Crippen LogP contribution is -2.66. The van der Waals surface area contributed by atoms with Crippen LogP contribution in [0.15, 0.2) is 0 Å². The van der Waals surface area contributed by atoms with Crippen LogP contribution in [0.3, 0.4) is 0 Å². The summed E-state index contributed by atoms with van der Waals surface area (Å²) in [6, 6.07) is 0. The second-order valence-corrected chi connectivity index (χ2v) is 3.98. The van der Waals surface area contributed by atoms with Gasteiger partial charge in [-0.05, 0) is 12.3 Å². The molecule has 0 bridgehead atoms. The normalized spacial score (nSPS) is 33.2. The summed E-state index contributed by atoms with van der Waals surface area (Å²) in [4.78, 5) is 23.7. The molecule has 0 aromatic rings. The summed E-state index contributed by atoms with van der Waals surface area (Å²) in [6.45, 7) is 5.62. The molecule has 1 aliphatic heterocycles. The molecule has 0 aromatic carbocycles. The van der Waals surface area contributed by atoms with Crippen LogP contribution in [0, 0.1) is 11.3 Å². The van der Waals surface area contributed by atoms with Crippen LogP contribution in [-0.4, -0.2) is 23.3 Å². The van der Waals surface area contributed by atoms with E-state index in [-0.39, 0.29) is 17.7 Å². The number of amides is 2. The first-order valence-electron chi connectivity index (χ1n) is 5.29. The monoisotopic (exact) mass is 214 g/mol. The van der Waals surface area contributed by atoms with Crippen LogP contribution in [-0.2, 0) is 9.59 Å². The highest BCUT2D eigenvalue weighted by molar-refractivity contribution is 6.07. The molecule has 15 heavy (non-hydrogen) atoms. The van der Waals surface area contributed by atoms with E-state index in [1.54, 1.807) is 0 Å². The van der Waals surface area contributed by atoms with Gasteiger partial charge in [0.05, 0.1) is 0 Å². The van der Waals surface area contributed by atoms with Crippen molar-refractivity contribution in [2.24, 2.45) is 11.3 Å². The number of rotatable bonds is 3. The third kappa shape index (κ3) is 1.71. The lowest BCUT2D eigenvalue weighted by molar-refractivity contribution is -0.159. The molecule has 1 saturated heterocycles. The SMILES string of the molecule is CCC(C)C1(CC)C(=O)NC(O)NC1=O.